The lowest BCUT2D eigenvalue weighted by molar-refractivity contribution is -0.159. The van der Waals surface area contributed by atoms with Gasteiger partial charge in [0.05, 0.1) is 11.8 Å². The molecular weight excluding hydrogens is 408 g/mol. The summed E-state index contributed by atoms with van der Waals surface area (Å²) in [4.78, 5) is 53.6. The number of para-hydroxylation sites is 1. The molecule has 3 unspecified atom stereocenters. The van der Waals surface area contributed by atoms with Crippen molar-refractivity contribution in [2.45, 2.75) is 57.9 Å². The number of carbonyl (C=O) groups excluding carboxylic acids is 4. The van der Waals surface area contributed by atoms with Gasteiger partial charge in [-0.15, -0.1) is 0 Å². The highest BCUT2D eigenvalue weighted by Crippen LogP contribution is 2.46. The number of esters is 1. The minimum Gasteiger partial charge on any atom is -0.456 e. The highest BCUT2D eigenvalue weighted by molar-refractivity contribution is 6.08. The molecule has 4 rings (SSSR count). The third-order valence-corrected chi connectivity index (χ3v) is 7.20. The summed E-state index contributed by atoms with van der Waals surface area (Å²) in [5.41, 5.74) is 2.62. The van der Waals surface area contributed by atoms with Crippen molar-refractivity contribution in [3.8, 4) is 0 Å². The van der Waals surface area contributed by atoms with Crippen molar-refractivity contribution in [2.24, 2.45) is 11.8 Å². The fraction of sp³-hybridized carbons (Fsp3) is 0.520. The fourth-order valence-corrected chi connectivity index (χ4v) is 5.39. The van der Waals surface area contributed by atoms with Crippen molar-refractivity contribution in [2.75, 3.05) is 18.6 Å². The molecule has 3 aliphatic rings. The molecule has 0 bridgehead atoms. The van der Waals surface area contributed by atoms with Gasteiger partial charge in [-0.25, -0.2) is 4.79 Å². The zero-order chi connectivity index (χ0) is 23.2. The zero-order valence-electron chi connectivity index (χ0n) is 19.1. The molecule has 2 aliphatic heterocycles. The standard InChI is InChI=1S/C25H30N2O5/c1-15(27-22(29)17-9-5-6-10-18(17)23(27)30)24(31)32-14-16(28)13-21-25(2,3)19-11-7-8-12-20(19)26(21)4/h7-8,11-13,15,17-18H,5-6,9-10,14H2,1-4H3. The van der Waals surface area contributed by atoms with E-state index in [0.29, 0.717) is 12.8 Å². The highest BCUT2D eigenvalue weighted by atomic mass is 16.5. The number of hydrogen-bond acceptors (Lipinski definition) is 6. The first kappa shape index (κ1) is 22.2. The van der Waals surface area contributed by atoms with Gasteiger partial charge in [-0.2, -0.15) is 0 Å². The van der Waals surface area contributed by atoms with E-state index in [-0.39, 0.29) is 34.8 Å². The predicted octanol–water partition coefficient (Wildman–Crippen LogP) is 2.97. The van der Waals surface area contributed by atoms with Crippen LogP contribution in [0, 0.1) is 11.8 Å². The molecule has 7 heteroatoms. The van der Waals surface area contributed by atoms with Gasteiger partial charge < -0.3 is 9.64 Å². The number of benzene rings is 1. The number of allylic oxidation sites excluding steroid dienone is 1. The van der Waals surface area contributed by atoms with E-state index in [2.05, 4.69) is 0 Å². The van der Waals surface area contributed by atoms with Crippen molar-refractivity contribution < 1.29 is 23.9 Å². The number of likely N-dealkylation sites (N-methyl/N-ethyl adjacent to an activating group) is 1. The average molecular weight is 439 g/mol. The first-order valence-corrected chi connectivity index (χ1v) is 11.3. The number of ketones is 1. The van der Waals surface area contributed by atoms with Crippen LogP contribution in [-0.4, -0.2) is 48.2 Å². The summed E-state index contributed by atoms with van der Waals surface area (Å²) in [6, 6.07) is 6.94. The molecule has 2 heterocycles. The third kappa shape index (κ3) is 3.53. The molecule has 2 amide bonds. The van der Waals surface area contributed by atoms with Crippen LogP contribution in [-0.2, 0) is 29.3 Å². The average Bonchev–Trinajstić information content (AvgIpc) is 3.14. The fourth-order valence-electron chi connectivity index (χ4n) is 5.39. The molecule has 1 aromatic rings. The number of rotatable bonds is 5. The van der Waals surface area contributed by atoms with E-state index in [0.717, 1.165) is 34.7 Å². The first-order chi connectivity index (χ1) is 15.1. The Morgan fingerprint density at radius 3 is 2.31 bits per heavy atom. The maximum absolute atomic E-state index is 12.7. The molecule has 32 heavy (non-hydrogen) atoms. The van der Waals surface area contributed by atoms with Crippen molar-refractivity contribution in [1.29, 1.82) is 0 Å². The van der Waals surface area contributed by atoms with Gasteiger partial charge in [0.25, 0.3) is 0 Å². The second-order valence-corrected chi connectivity index (χ2v) is 9.52. The third-order valence-electron chi connectivity index (χ3n) is 7.20. The molecule has 0 radical (unpaired) electrons. The number of anilines is 1. The summed E-state index contributed by atoms with van der Waals surface area (Å²) < 4.78 is 5.22. The van der Waals surface area contributed by atoms with Crippen LogP contribution in [0.2, 0.25) is 0 Å². The molecule has 7 nitrogen and oxygen atoms in total. The van der Waals surface area contributed by atoms with E-state index in [1.807, 2.05) is 50.1 Å². The van der Waals surface area contributed by atoms with E-state index >= 15 is 0 Å². The smallest absolute Gasteiger partial charge is 0.329 e. The van der Waals surface area contributed by atoms with E-state index in [9.17, 15) is 19.2 Å². The van der Waals surface area contributed by atoms with Gasteiger partial charge in [-0.1, -0.05) is 44.9 Å². The Hall–Kier alpha value is -2.96. The molecule has 1 saturated carbocycles. The number of amides is 2. The molecule has 0 spiro atoms. The highest BCUT2D eigenvalue weighted by Gasteiger charge is 2.51. The lowest BCUT2D eigenvalue weighted by Crippen LogP contribution is -2.44. The number of ether oxygens (including phenoxy) is 1. The Balaban J connectivity index is 1.41. The maximum Gasteiger partial charge on any atom is 0.329 e. The second-order valence-electron chi connectivity index (χ2n) is 9.52. The first-order valence-electron chi connectivity index (χ1n) is 11.3. The van der Waals surface area contributed by atoms with Crippen LogP contribution >= 0.6 is 0 Å². The number of nitrogens with zero attached hydrogens (tertiary/aromatic N) is 2. The molecule has 1 aromatic carbocycles. The number of imide groups is 1. The van der Waals surface area contributed by atoms with Gasteiger partial charge in [0.15, 0.2) is 12.4 Å². The van der Waals surface area contributed by atoms with E-state index in [1.54, 1.807) is 0 Å². The van der Waals surface area contributed by atoms with Crippen LogP contribution in [0.25, 0.3) is 0 Å². The summed E-state index contributed by atoms with van der Waals surface area (Å²) in [5.74, 6) is -2.30. The molecule has 1 saturated heterocycles. The van der Waals surface area contributed by atoms with Gasteiger partial charge >= 0.3 is 5.97 Å². The zero-order valence-corrected chi connectivity index (χ0v) is 19.1. The van der Waals surface area contributed by atoms with Crippen molar-refractivity contribution in [3.63, 3.8) is 0 Å². The van der Waals surface area contributed by atoms with Gasteiger partial charge in [-0.05, 0) is 31.4 Å². The normalized spacial score (nSPS) is 26.2. The lowest BCUT2D eigenvalue weighted by atomic mass is 9.81. The Morgan fingerprint density at radius 1 is 1.12 bits per heavy atom. The Morgan fingerprint density at radius 2 is 1.72 bits per heavy atom. The molecule has 170 valence electrons. The summed E-state index contributed by atoms with van der Waals surface area (Å²) in [6.45, 7) is 5.15. The molecule has 0 N–H and O–H groups in total. The minimum absolute atomic E-state index is 0.287. The molecule has 1 aliphatic carbocycles. The topological polar surface area (TPSA) is 84.0 Å². The number of likely N-dealkylation sites (tertiary alicyclic amines) is 1. The van der Waals surface area contributed by atoms with Crippen LogP contribution in [0.1, 0.15) is 52.0 Å². The van der Waals surface area contributed by atoms with Gasteiger partial charge in [0.2, 0.25) is 11.8 Å². The number of carbonyl (C=O) groups is 4. The van der Waals surface area contributed by atoms with Gasteiger partial charge in [0.1, 0.15) is 6.04 Å². The number of hydrogen-bond donors (Lipinski definition) is 0. The van der Waals surface area contributed by atoms with Crippen LogP contribution in [0.4, 0.5) is 5.69 Å². The minimum atomic E-state index is -1.03. The van der Waals surface area contributed by atoms with Crippen molar-refractivity contribution in [3.05, 3.63) is 41.6 Å². The molecule has 0 aromatic heterocycles. The van der Waals surface area contributed by atoms with E-state index < -0.39 is 18.6 Å². The Labute approximate surface area is 188 Å². The SMILES string of the molecule is CC(C(=O)OCC(=O)C=C1N(C)c2ccccc2C1(C)C)N1C(=O)C2CCCCC2C1=O. The van der Waals surface area contributed by atoms with Crippen LogP contribution < -0.4 is 4.90 Å². The van der Waals surface area contributed by atoms with Crippen molar-refractivity contribution in [1.82, 2.24) is 4.90 Å². The van der Waals surface area contributed by atoms with Gasteiger partial charge in [0, 0.05) is 29.9 Å². The maximum atomic E-state index is 12.7. The Kier molecular flexibility index (Phi) is 5.69. The Bertz CT molecular complexity index is 987. The van der Waals surface area contributed by atoms with Crippen LogP contribution in [0.3, 0.4) is 0 Å². The van der Waals surface area contributed by atoms with E-state index in [4.69, 9.17) is 4.74 Å². The summed E-state index contributed by atoms with van der Waals surface area (Å²) >= 11 is 0. The number of fused-ring (bicyclic) bond motifs is 2. The van der Waals surface area contributed by atoms with Gasteiger partial charge in [-0.3, -0.25) is 19.3 Å². The summed E-state index contributed by atoms with van der Waals surface area (Å²) in [7, 11) is 1.91. The largest absolute Gasteiger partial charge is 0.456 e. The predicted molar refractivity (Wildman–Crippen MR) is 119 cm³/mol. The molecule has 2 fully saturated rings. The molecular formula is C25H30N2O5. The van der Waals surface area contributed by atoms with E-state index in [1.165, 1.54) is 13.0 Å². The van der Waals surface area contributed by atoms with Crippen LogP contribution in [0.15, 0.2) is 36.0 Å². The summed E-state index contributed by atoms with van der Waals surface area (Å²) in [5, 5.41) is 0. The second kappa shape index (κ2) is 8.19. The molecule has 3 atom stereocenters. The lowest BCUT2D eigenvalue weighted by Gasteiger charge is -2.24. The summed E-state index contributed by atoms with van der Waals surface area (Å²) in [6.07, 6.45) is 4.73. The monoisotopic (exact) mass is 438 g/mol. The van der Waals surface area contributed by atoms with Crippen LogP contribution in [0.5, 0.6) is 0 Å². The quantitative estimate of drug-likeness (QED) is 0.399. The van der Waals surface area contributed by atoms with Crippen molar-refractivity contribution >= 4 is 29.3 Å².